The lowest BCUT2D eigenvalue weighted by molar-refractivity contribution is -0.277. The van der Waals surface area contributed by atoms with Crippen LogP contribution in [0.5, 0.6) is 5.75 Å². The van der Waals surface area contributed by atoms with Gasteiger partial charge in [0.2, 0.25) is 24.0 Å². The summed E-state index contributed by atoms with van der Waals surface area (Å²) >= 11 is 0. The molecule has 2 heterocycles. The summed E-state index contributed by atoms with van der Waals surface area (Å²) in [6.45, 7) is 0.727. The van der Waals surface area contributed by atoms with Gasteiger partial charge in [0.15, 0.2) is 5.96 Å². The standard InChI is InChI=1S/C29H43N9O11/c1-13(40)20(24(30)44)38-26(46)17(3-2-8-34-29(31)32)36-27(47)18(9-15-10-33-12-35-15)37-25(45)14-4-6-16(7-5-14)48-28-23(43)22(42)21(41)19(11-39)49-28/h4-7,10,12-13,17-23,28,39-43H,2-3,8-9,11H2,1H3,(H2,30,44)(H,33,35)(H,36,47)(H,37,45)(H,38,46)(H4,31,32,34)/t13-,17+,18+,19-,20+,21+,22+,23-,28-/m1/s1. The SMILES string of the molecule is C[C@@H](O)[C@H](NC(=O)[C@H](CCCN=C(N)N)NC(=O)[C@H](Cc1cnc[nH]1)NC(=O)c1ccc(O[C@@H]2O[C@H](CO)[C@H](O)[C@H](O)[C@H]2O)cc1)C(N)=O. The molecule has 1 aromatic heterocycles. The van der Waals surface area contributed by atoms with Crippen molar-refractivity contribution in [3.05, 3.63) is 48.0 Å². The van der Waals surface area contributed by atoms with E-state index in [-0.39, 0.29) is 43.1 Å². The first-order valence-corrected chi connectivity index (χ1v) is 15.2. The highest BCUT2D eigenvalue weighted by atomic mass is 16.7. The van der Waals surface area contributed by atoms with Gasteiger partial charge in [-0.15, -0.1) is 0 Å². The molecule has 0 radical (unpaired) electrons. The number of aromatic nitrogens is 2. The van der Waals surface area contributed by atoms with Crippen molar-refractivity contribution in [1.29, 1.82) is 0 Å². The monoisotopic (exact) mass is 693 g/mol. The molecule has 1 saturated heterocycles. The number of carbonyl (C=O) groups excluding carboxylic acids is 4. The topological polar surface area (TPSA) is 343 Å². The number of nitrogens with two attached hydrogens (primary N) is 3. The molecule has 2 aromatic rings. The molecule has 9 atom stereocenters. The Morgan fingerprint density at radius 1 is 1.00 bits per heavy atom. The predicted molar refractivity (Wildman–Crippen MR) is 169 cm³/mol. The first kappa shape index (κ1) is 38.6. The second kappa shape index (κ2) is 18.1. The summed E-state index contributed by atoms with van der Waals surface area (Å²) in [5.41, 5.74) is 16.6. The van der Waals surface area contributed by atoms with E-state index >= 15 is 0 Å². The Hall–Kier alpha value is -4.86. The van der Waals surface area contributed by atoms with Crippen molar-refractivity contribution in [1.82, 2.24) is 25.9 Å². The second-order valence-corrected chi connectivity index (χ2v) is 11.3. The molecule has 1 aliphatic heterocycles. The van der Waals surface area contributed by atoms with Gasteiger partial charge in [0, 0.05) is 30.4 Å². The molecule has 0 aliphatic carbocycles. The number of amides is 4. The van der Waals surface area contributed by atoms with Gasteiger partial charge in [0.1, 0.15) is 48.3 Å². The number of guanidine groups is 1. The first-order chi connectivity index (χ1) is 23.2. The van der Waals surface area contributed by atoms with Crippen LogP contribution >= 0.6 is 0 Å². The molecular formula is C29H43N9O11. The van der Waals surface area contributed by atoms with Gasteiger partial charge < -0.3 is 73.1 Å². The average molecular weight is 694 g/mol. The van der Waals surface area contributed by atoms with Crippen molar-refractivity contribution in [2.24, 2.45) is 22.2 Å². The van der Waals surface area contributed by atoms with Crippen molar-refractivity contribution in [2.75, 3.05) is 13.2 Å². The first-order valence-electron chi connectivity index (χ1n) is 15.2. The molecule has 20 heteroatoms. The predicted octanol–water partition coefficient (Wildman–Crippen LogP) is -5.18. The number of rotatable bonds is 17. The smallest absolute Gasteiger partial charge is 0.251 e. The minimum absolute atomic E-state index is 0.000274. The van der Waals surface area contributed by atoms with Crippen molar-refractivity contribution >= 4 is 29.6 Å². The molecule has 270 valence electrons. The van der Waals surface area contributed by atoms with Crippen LogP contribution in [0.3, 0.4) is 0 Å². The van der Waals surface area contributed by atoms with Gasteiger partial charge in [0.25, 0.3) is 5.91 Å². The van der Waals surface area contributed by atoms with Crippen LogP contribution in [0.25, 0.3) is 0 Å². The zero-order valence-electron chi connectivity index (χ0n) is 26.5. The third kappa shape index (κ3) is 11.1. The van der Waals surface area contributed by atoms with Crippen molar-refractivity contribution < 1.29 is 54.2 Å². The van der Waals surface area contributed by atoms with Crippen LogP contribution in [0.4, 0.5) is 0 Å². The number of benzene rings is 1. The van der Waals surface area contributed by atoms with Crippen LogP contribution in [0.2, 0.25) is 0 Å². The Morgan fingerprint density at radius 3 is 2.24 bits per heavy atom. The molecular weight excluding hydrogens is 650 g/mol. The van der Waals surface area contributed by atoms with Gasteiger partial charge in [0.05, 0.1) is 19.0 Å². The number of aliphatic hydroxyl groups excluding tert-OH is 5. The fourth-order valence-corrected chi connectivity index (χ4v) is 4.78. The van der Waals surface area contributed by atoms with Gasteiger partial charge in [-0.3, -0.25) is 24.2 Å². The lowest BCUT2D eigenvalue weighted by Gasteiger charge is -2.39. The molecule has 0 bridgehead atoms. The Bertz CT molecular complexity index is 1420. The summed E-state index contributed by atoms with van der Waals surface area (Å²) in [7, 11) is 0. The molecule has 1 fully saturated rings. The van der Waals surface area contributed by atoms with Crippen LogP contribution in [-0.2, 0) is 25.5 Å². The van der Waals surface area contributed by atoms with Crippen LogP contribution in [0.1, 0.15) is 35.8 Å². The minimum Gasteiger partial charge on any atom is -0.462 e. The number of aliphatic hydroxyl groups is 5. The maximum atomic E-state index is 13.6. The lowest BCUT2D eigenvalue weighted by Crippen LogP contribution is -2.60. The van der Waals surface area contributed by atoms with E-state index in [2.05, 4.69) is 30.9 Å². The molecule has 20 nitrogen and oxygen atoms in total. The van der Waals surface area contributed by atoms with E-state index in [0.29, 0.717) is 5.69 Å². The Kier molecular flexibility index (Phi) is 14.2. The quantitative estimate of drug-likeness (QED) is 0.0419. The molecule has 4 amide bonds. The van der Waals surface area contributed by atoms with E-state index in [9.17, 15) is 44.7 Å². The number of ether oxygens (including phenoxy) is 2. The molecule has 0 saturated carbocycles. The van der Waals surface area contributed by atoms with Gasteiger partial charge >= 0.3 is 0 Å². The van der Waals surface area contributed by atoms with Crippen molar-refractivity contribution in [3.8, 4) is 5.75 Å². The number of hydrogen-bond donors (Lipinski definition) is 12. The number of primary amides is 1. The molecule has 1 aliphatic rings. The molecule has 3 rings (SSSR count). The van der Waals surface area contributed by atoms with Crippen LogP contribution in [0.15, 0.2) is 41.8 Å². The summed E-state index contributed by atoms with van der Waals surface area (Å²) in [5.74, 6) is -3.37. The Balaban J connectivity index is 1.75. The molecule has 1 aromatic carbocycles. The van der Waals surface area contributed by atoms with Crippen molar-refractivity contribution in [2.45, 2.75) is 81.1 Å². The average Bonchev–Trinajstić information content (AvgIpc) is 3.57. The molecule has 0 unspecified atom stereocenters. The molecule has 0 spiro atoms. The Morgan fingerprint density at radius 2 is 1.67 bits per heavy atom. The summed E-state index contributed by atoms with van der Waals surface area (Å²) in [6, 6.07) is 1.44. The zero-order chi connectivity index (χ0) is 36.2. The molecule has 15 N–H and O–H groups in total. The minimum atomic E-state index is -1.65. The van der Waals surface area contributed by atoms with E-state index in [1.807, 2.05) is 0 Å². The summed E-state index contributed by atoms with van der Waals surface area (Å²) in [6.07, 6.45) is -5.85. The molecule has 49 heavy (non-hydrogen) atoms. The summed E-state index contributed by atoms with van der Waals surface area (Å²) < 4.78 is 10.9. The van der Waals surface area contributed by atoms with Crippen LogP contribution in [0, 0.1) is 0 Å². The van der Waals surface area contributed by atoms with E-state index in [0.717, 1.165) is 0 Å². The summed E-state index contributed by atoms with van der Waals surface area (Å²) in [4.78, 5) is 62.4. The number of H-pyrrole nitrogens is 1. The third-order valence-electron chi connectivity index (χ3n) is 7.48. The largest absolute Gasteiger partial charge is 0.462 e. The Labute approximate surface area is 280 Å². The third-order valence-corrected chi connectivity index (χ3v) is 7.48. The van der Waals surface area contributed by atoms with E-state index < -0.39 is 85.2 Å². The van der Waals surface area contributed by atoms with Crippen LogP contribution < -0.4 is 37.9 Å². The van der Waals surface area contributed by atoms with E-state index in [1.54, 1.807) is 0 Å². The number of aliphatic imine (C=N–C) groups is 1. The van der Waals surface area contributed by atoms with Crippen LogP contribution in [-0.4, -0.2) is 133 Å². The highest BCUT2D eigenvalue weighted by Gasteiger charge is 2.44. The number of aromatic amines is 1. The number of nitrogens with one attached hydrogen (secondary N) is 4. The normalized spacial score (nSPS) is 22.9. The van der Waals surface area contributed by atoms with E-state index in [4.69, 9.17) is 26.7 Å². The zero-order valence-corrected chi connectivity index (χ0v) is 26.5. The second-order valence-electron chi connectivity index (χ2n) is 11.3. The summed E-state index contributed by atoms with van der Waals surface area (Å²) in [5, 5.41) is 57.0. The highest BCUT2D eigenvalue weighted by Crippen LogP contribution is 2.24. The maximum Gasteiger partial charge on any atom is 0.251 e. The number of carbonyl (C=O) groups is 4. The fourth-order valence-electron chi connectivity index (χ4n) is 4.78. The number of hydrogen-bond acceptors (Lipinski definition) is 13. The maximum absolute atomic E-state index is 13.6. The highest BCUT2D eigenvalue weighted by molar-refractivity contribution is 5.99. The van der Waals surface area contributed by atoms with Gasteiger partial charge in [-0.25, -0.2) is 4.98 Å². The number of nitrogens with zero attached hydrogens (tertiary/aromatic N) is 2. The van der Waals surface area contributed by atoms with Gasteiger partial charge in [-0.2, -0.15) is 0 Å². The number of imidazole rings is 1. The van der Waals surface area contributed by atoms with Crippen molar-refractivity contribution in [3.63, 3.8) is 0 Å². The fraction of sp³-hybridized carbons (Fsp3) is 0.517. The van der Waals surface area contributed by atoms with E-state index in [1.165, 1.54) is 43.7 Å². The lowest BCUT2D eigenvalue weighted by atomic mass is 9.99. The van der Waals surface area contributed by atoms with Gasteiger partial charge in [-0.05, 0) is 44.0 Å². The van der Waals surface area contributed by atoms with Gasteiger partial charge in [-0.1, -0.05) is 0 Å².